The number of H-pyrrole nitrogens is 2. The third-order valence-electron chi connectivity index (χ3n) is 7.13. The fourth-order valence-electron chi connectivity index (χ4n) is 4.96. The molecule has 0 radical (unpaired) electrons. The Morgan fingerprint density at radius 3 is 2.53 bits per heavy atom. The molecule has 47 heavy (non-hydrogen) atoms. The minimum absolute atomic E-state index is 0.0480. The third kappa shape index (κ3) is 8.57. The number of nitrogens with zero attached hydrogens (tertiary/aromatic N) is 5. The van der Waals surface area contributed by atoms with Crippen molar-refractivity contribution in [1.29, 1.82) is 0 Å². The van der Waals surface area contributed by atoms with E-state index < -0.39 is 23.4 Å². The first kappa shape index (κ1) is 34.7. The normalized spacial score (nSPS) is 14.4. The standard InChI is InChI=1S/C31H31F5N8O.C2H6/c1-4-6-21-15-27(42-41-21)40-26(37-3)17-28(38-18-45-25-16-24(32)30-23(29(25)33)13-19(2)39-30)44-11-9-43(10-12-44)22-8-5-7-20(14-22)31(34,35)36;1-2/h4-8,13-17,39H,3,9-12,18H2,1-2H3,(H2,40,41,42);1-2H3/b6-4+,26-17+,38-28+;. The van der Waals surface area contributed by atoms with E-state index in [2.05, 4.69) is 37.2 Å². The van der Waals surface area contributed by atoms with Crippen LogP contribution in [0, 0.1) is 18.6 Å². The van der Waals surface area contributed by atoms with Gasteiger partial charge in [-0.2, -0.15) is 18.3 Å². The second-order valence-corrected chi connectivity index (χ2v) is 10.2. The van der Waals surface area contributed by atoms with Gasteiger partial charge < -0.3 is 24.8 Å². The van der Waals surface area contributed by atoms with Crippen molar-refractivity contribution >= 4 is 41.0 Å². The number of piperazine rings is 1. The zero-order chi connectivity index (χ0) is 34.1. The summed E-state index contributed by atoms with van der Waals surface area (Å²) in [6, 6.07) is 9.41. The number of alkyl halides is 3. The molecular weight excluding hydrogens is 619 g/mol. The summed E-state index contributed by atoms with van der Waals surface area (Å²) in [5.41, 5.74) is 1.15. The number of aromatic nitrogens is 3. The Balaban J connectivity index is 0.00000245. The molecule has 0 saturated carbocycles. The molecule has 0 spiro atoms. The number of anilines is 2. The van der Waals surface area contributed by atoms with Gasteiger partial charge in [0.05, 0.1) is 16.8 Å². The molecular formula is C33H37F5N8O. The Kier molecular flexibility index (Phi) is 11.4. The maximum atomic E-state index is 15.1. The molecule has 250 valence electrons. The summed E-state index contributed by atoms with van der Waals surface area (Å²) in [5, 5.41) is 10.2. The van der Waals surface area contributed by atoms with Gasteiger partial charge in [0.25, 0.3) is 0 Å². The molecule has 0 bridgehead atoms. The quantitative estimate of drug-likeness (QED) is 0.0972. The number of halogens is 5. The summed E-state index contributed by atoms with van der Waals surface area (Å²) in [5.74, 6) is -0.523. The highest BCUT2D eigenvalue weighted by Crippen LogP contribution is 2.32. The SMILES string of the molecule is C=N/C(=C\C(=N/COc1cc(F)c2[nH]c(C)cc2c1F)N1CCN(c2cccc(C(F)(F)F)c2)CC1)Nc1cc(/C=C/C)[nH]n1.CC. The predicted molar refractivity (Wildman–Crippen MR) is 177 cm³/mol. The van der Waals surface area contributed by atoms with Crippen molar-refractivity contribution in [2.24, 2.45) is 9.98 Å². The van der Waals surface area contributed by atoms with Crippen molar-refractivity contribution in [1.82, 2.24) is 20.1 Å². The number of aryl methyl sites for hydroxylation is 1. The second-order valence-electron chi connectivity index (χ2n) is 10.2. The molecule has 2 aromatic carbocycles. The van der Waals surface area contributed by atoms with Crippen LogP contribution in [-0.4, -0.2) is 65.5 Å². The summed E-state index contributed by atoms with van der Waals surface area (Å²) < 4.78 is 75.2. The molecule has 0 amide bonds. The second kappa shape index (κ2) is 15.4. The molecule has 0 unspecified atom stereocenters. The molecule has 3 N–H and O–H groups in total. The number of rotatable bonds is 9. The molecule has 2 aromatic heterocycles. The summed E-state index contributed by atoms with van der Waals surface area (Å²) in [6.45, 7) is 12.4. The van der Waals surface area contributed by atoms with Gasteiger partial charge in [-0.25, -0.2) is 18.8 Å². The van der Waals surface area contributed by atoms with Crippen LogP contribution in [0.2, 0.25) is 0 Å². The first-order valence-corrected chi connectivity index (χ1v) is 15.0. The number of hydrogen-bond acceptors (Lipinski definition) is 6. The lowest BCUT2D eigenvalue weighted by Gasteiger charge is -2.37. The van der Waals surface area contributed by atoms with Gasteiger partial charge in [-0.15, -0.1) is 0 Å². The van der Waals surface area contributed by atoms with Crippen LogP contribution in [0.15, 0.2) is 70.4 Å². The Morgan fingerprint density at radius 1 is 1.11 bits per heavy atom. The van der Waals surface area contributed by atoms with Gasteiger partial charge in [0.1, 0.15) is 11.7 Å². The van der Waals surface area contributed by atoms with Crippen molar-refractivity contribution in [3.63, 3.8) is 0 Å². The van der Waals surface area contributed by atoms with E-state index in [-0.39, 0.29) is 23.4 Å². The molecule has 5 rings (SSSR count). The van der Waals surface area contributed by atoms with E-state index in [1.165, 1.54) is 12.1 Å². The monoisotopic (exact) mass is 656 g/mol. The summed E-state index contributed by atoms with van der Waals surface area (Å²) in [4.78, 5) is 15.1. The molecule has 1 aliphatic heterocycles. The number of aliphatic imine (C=N–C) groups is 2. The highest BCUT2D eigenvalue weighted by Gasteiger charge is 2.31. The molecule has 4 aromatic rings. The topological polar surface area (TPSA) is 96.9 Å². The lowest BCUT2D eigenvalue weighted by Crippen LogP contribution is -2.48. The first-order valence-electron chi connectivity index (χ1n) is 15.0. The predicted octanol–water partition coefficient (Wildman–Crippen LogP) is 7.77. The van der Waals surface area contributed by atoms with E-state index in [1.807, 2.05) is 42.7 Å². The lowest BCUT2D eigenvalue weighted by molar-refractivity contribution is -0.137. The van der Waals surface area contributed by atoms with Crippen molar-refractivity contribution < 1.29 is 26.7 Å². The third-order valence-corrected chi connectivity index (χ3v) is 7.13. The number of allylic oxidation sites excluding steroid dienone is 1. The van der Waals surface area contributed by atoms with Crippen molar-refractivity contribution in [3.8, 4) is 5.75 Å². The van der Waals surface area contributed by atoms with E-state index in [0.29, 0.717) is 55.0 Å². The Hall–Kier alpha value is -5.14. The van der Waals surface area contributed by atoms with Crippen LogP contribution in [-0.2, 0) is 6.18 Å². The molecule has 1 saturated heterocycles. The fraction of sp³-hybridized carbons (Fsp3) is 0.303. The highest BCUT2D eigenvalue weighted by atomic mass is 19.4. The summed E-state index contributed by atoms with van der Waals surface area (Å²) >= 11 is 0. The average molecular weight is 657 g/mol. The van der Waals surface area contributed by atoms with Gasteiger partial charge in [0.15, 0.2) is 29.9 Å². The van der Waals surface area contributed by atoms with Crippen LogP contribution in [0.3, 0.4) is 0 Å². The van der Waals surface area contributed by atoms with Crippen molar-refractivity contribution in [3.05, 3.63) is 89.0 Å². The number of aromatic amines is 2. The van der Waals surface area contributed by atoms with Gasteiger partial charge >= 0.3 is 6.18 Å². The van der Waals surface area contributed by atoms with Crippen LogP contribution in [0.25, 0.3) is 17.0 Å². The van der Waals surface area contributed by atoms with E-state index in [1.54, 1.807) is 25.1 Å². The van der Waals surface area contributed by atoms with E-state index >= 15 is 4.39 Å². The molecule has 3 heterocycles. The minimum atomic E-state index is -4.45. The molecule has 1 aliphatic rings. The van der Waals surface area contributed by atoms with Gasteiger partial charge in [0, 0.05) is 61.2 Å². The van der Waals surface area contributed by atoms with Crippen LogP contribution in [0.4, 0.5) is 33.5 Å². The van der Waals surface area contributed by atoms with Crippen LogP contribution >= 0.6 is 0 Å². The van der Waals surface area contributed by atoms with Gasteiger partial charge in [0.2, 0.25) is 0 Å². The van der Waals surface area contributed by atoms with Gasteiger partial charge in [-0.05, 0) is 50.9 Å². The number of nitrogens with one attached hydrogen (secondary N) is 3. The number of benzene rings is 2. The van der Waals surface area contributed by atoms with Crippen molar-refractivity contribution in [2.75, 3.05) is 43.1 Å². The number of ether oxygens (including phenoxy) is 1. The Labute approximate surface area is 269 Å². The van der Waals surface area contributed by atoms with E-state index in [4.69, 9.17) is 4.74 Å². The Bertz CT molecular complexity index is 1760. The van der Waals surface area contributed by atoms with Gasteiger partial charge in [-0.3, -0.25) is 5.10 Å². The highest BCUT2D eigenvalue weighted by molar-refractivity contribution is 5.94. The van der Waals surface area contributed by atoms with Crippen LogP contribution in [0.5, 0.6) is 5.75 Å². The number of fused-ring (bicyclic) bond motifs is 1. The molecule has 9 nitrogen and oxygen atoms in total. The van der Waals surface area contributed by atoms with Gasteiger partial charge in [-0.1, -0.05) is 26.0 Å². The molecule has 1 fully saturated rings. The smallest absolute Gasteiger partial charge is 0.416 e. The molecule has 0 atom stereocenters. The number of hydrogen-bond donors (Lipinski definition) is 3. The number of amidine groups is 1. The summed E-state index contributed by atoms with van der Waals surface area (Å²) in [6.07, 6.45) is 0.854. The van der Waals surface area contributed by atoms with Crippen LogP contribution < -0.4 is 15.0 Å². The minimum Gasteiger partial charge on any atom is -0.468 e. The average Bonchev–Trinajstić information content (AvgIpc) is 3.69. The zero-order valence-electron chi connectivity index (χ0n) is 26.6. The van der Waals surface area contributed by atoms with Crippen molar-refractivity contribution in [2.45, 2.75) is 33.9 Å². The fourth-order valence-corrected chi connectivity index (χ4v) is 4.96. The zero-order valence-corrected chi connectivity index (χ0v) is 26.6. The first-order chi connectivity index (χ1) is 22.5. The van der Waals surface area contributed by atoms with E-state index in [9.17, 15) is 17.6 Å². The largest absolute Gasteiger partial charge is 0.468 e. The van der Waals surface area contributed by atoms with Crippen LogP contribution in [0.1, 0.15) is 37.7 Å². The lowest BCUT2D eigenvalue weighted by atomic mass is 10.1. The summed E-state index contributed by atoms with van der Waals surface area (Å²) in [7, 11) is 0. The molecule has 14 heteroatoms. The Morgan fingerprint density at radius 2 is 1.85 bits per heavy atom. The van der Waals surface area contributed by atoms with E-state index in [0.717, 1.165) is 23.9 Å². The molecule has 0 aliphatic carbocycles. The maximum absolute atomic E-state index is 15.1. The maximum Gasteiger partial charge on any atom is 0.416 e.